The van der Waals surface area contributed by atoms with E-state index < -0.39 is 0 Å². The summed E-state index contributed by atoms with van der Waals surface area (Å²) < 4.78 is 5.31. The van der Waals surface area contributed by atoms with E-state index in [0.29, 0.717) is 0 Å². The molecule has 0 aliphatic rings. The van der Waals surface area contributed by atoms with Crippen LogP contribution in [-0.4, -0.2) is 7.11 Å². The van der Waals surface area contributed by atoms with Gasteiger partial charge in [0.15, 0.2) is 0 Å². The normalized spacial score (nSPS) is 10.4. The molecule has 2 heteroatoms. The van der Waals surface area contributed by atoms with Crippen molar-refractivity contribution < 1.29 is 4.74 Å². The number of ether oxygens (including phenoxy) is 1. The van der Waals surface area contributed by atoms with E-state index in [4.69, 9.17) is 10.5 Å². The largest absolute Gasteiger partial charge is 0.496 e. The fourth-order valence-corrected chi connectivity index (χ4v) is 1.67. The van der Waals surface area contributed by atoms with Crippen molar-refractivity contribution in [2.24, 2.45) is 0 Å². The second kappa shape index (κ2) is 3.22. The minimum Gasteiger partial charge on any atom is -0.496 e. The van der Waals surface area contributed by atoms with Crippen LogP contribution in [0.3, 0.4) is 0 Å². The minimum atomic E-state index is 0.835. The minimum absolute atomic E-state index is 0.835. The van der Waals surface area contributed by atoms with Crippen molar-refractivity contribution in [3.05, 3.63) is 35.9 Å². The summed E-state index contributed by atoms with van der Waals surface area (Å²) in [5, 5.41) is 2.13. The zero-order valence-corrected chi connectivity index (χ0v) is 8.37. The number of rotatable bonds is 1. The molecule has 0 aliphatic heterocycles. The standard InChI is InChI=1S/C12H13NO/c1-8-7-11(14-2)9-5-3-4-6-10(9)12(8)13/h3-7H,13H2,1-2H3. The van der Waals surface area contributed by atoms with Crippen molar-refractivity contribution in [3.8, 4) is 5.75 Å². The first kappa shape index (κ1) is 8.88. The zero-order chi connectivity index (χ0) is 10.1. The Bertz CT molecular complexity index is 477. The van der Waals surface area contributed by atoms with Gasteiger partial charge in [-0.2, -0.15) is 0 Å². The Morgan fingerprint density at radius 1 is 1.14 bits per heavy atom. The molecule has 0 saturated heterocycles. The molecule has 2 aromatic rings. The topological polar surface area (TPSA) is 35.2 Å². The third kappa shape index (κ3) is 1.20. The highest BCUT2D eigenvalue weighted by Gasteiger charge is 2.06. The molecule has 0 aromatic heterocycles. The molecule has 0 bridgehead atoms. The van der Waals surface area contributed by atoms with Crippen molar-refractivity contribution >= 4 is 16.5 Å². The molecule has 0 amide bonds. The van der Waals surface area contributed by atoms with Gasteiger partial charge < -0.3 is 10.5 Å². The highest BCUT2D eigenvalue weighted by atomic mass is 16.5. The molecule has 0 fully saturated rings. The summed E-state index contributed by atoms with van der Waals surface area (Å²) in [6.07, 6.45) is 0. The van der Waals surface area contributed by atoms with Crippen molar-refractivity contribution in [3.63, 3.8) is 0 Å². The smallest absolute Gasteiger partial charge is 0.127 e. The molecule has 72 valence electrons. The Labute approximate surface area is 83.3 Å². The maximum Gasteiger partial charge on any atom is 0.127 e. The average molecular weight is 187 g/mol. The van der Waals surface area contributed by atoms with Crippen LogP contribution in [0.5, 0.6) is 5.75 Å². The van der Waals surface area contributed by atoms with Gasteiger partial charge in [-0.25, -0.2) is 0 Å². The Hall–Kier alpha value is -1.70. The summed E-state index contributed by atoms with van der Waals surface area (Å²) in [5.74, 6) is 0.882. The third-order valence-corrected chi connectivity index (χ3v) is 2.48. The van der Waals surface area contributed by atoms with Gasteiger partial charge in [-0.3, -0.25) is 0 Å². The van der Waals surface area contributed by atoms with Crippen molar-refractivity contribution in [1.29, 1.82) is 0 Å². The zero-order valence-electron chi connectivity index (χ0n) is 8.37. The molecule has 2 N–H and O–H groups in total. The van der Waals surface area contributed by atoms with Gasteiger partial charge in [0.25, 0.3) is 0 Å². The molecule has 0 spiro atoms. The summed E-state index contributed by atoms with van der Waals surface area (Å²) in [6.45, 7) is 1.99. The summed E-state index contributed by atoms with van der Waals surface area (Å²) >= 11 is 0. The molecule has 0 atom stereocenters. The second-order valence-corrected chi connectivity index (χ2v) is 3.35. The van der Waals surface area contributed by atoms with Crippen LogP contribution in [-0.2, 0) is 0 Å². The van der Waals surface area contributed by atoms with Gasteiger partial charge in [0.2, 0.25) is 0 Å². The fourth-order valence-electron chi connectivity index (χ4n) is 1.67. The number of fused-ring (bicyclic) bond motifs is 1. The highest BCUT2D eigenvalue weighted by Crippen LogP contribution is 2.32. The van der Waals surface area contributed by atoms with Crippen LogP contribution in [0.2, 0.25) is 0 Å². The number of methoxy groups -OCH3 is 1. The number of anilines is 1. The van der Waals surface area contributed by atoms with Gasteiger partial charge in [0.1, 0.15) is 5.75 Å². The van der Waals surface area contributed by atoms with Crippen LogP contribution in [0.25, 0.3) is 10.8 Å². The molecule has 0 radical (unpaired) electrons. The Balaban J connectivity index is 2.89. The van der Waals surface area contributed by atoms with Gasteiger partial charge in [-0.05, 0) is 18.6 Å². The summed E-state index contributed by atoms with van der Waals surface area (Å²) in [4.78, 5) is 0. The summed E-state index contributed by atoms with van der Waals surface area (Å²) in [5.41, 5.74) is 7.88. The molecule has 2 rings (SSSR count). The lowest BCUT2D eigenvalue weighted by Gasteiger charge is -2.10. The second-order valence-electron chi connectivity index (χ2n) is 3.35. The van der Waals surface area contributed by atoms with E-state index in [1.165, 1.54) is 0 Å². The van der Waals surface area contributed by atoms with Crippen LogP contribution in [0, 0.1) is 6.92 Å². The molecular weight excluding hydrogens is 174 g/mol. The molecule has 0 heterocycles. The summed E-state index contributed by atoms with van der Waals surface area (Å²) in [6, 6.07) is 9.97. The predicted molar refractivity (Wildman–Crippen MR) is 59.6 cm³/mol. The van der Waals surface area contributed by atoms with Crippen LogP contribution >= 0.6 is 0 Å². The van der Waals surface area contributed by atoms with Gasteiger partial charge in [0, 0.05) is 16.5 Å². The number of hydrogen-bond donors (Lipinski definition) is 1. The molecule has 0 saturated carbocycles. The quantitative estimate of drug-likeness (QED) is 0.697. The molecular formula is C12H13NO. The molecule has 14 heavy (non-hydrogen) atoms. The van der Waals surface area contributed by atoms with Crippen LogP contribution in [0.4, 0.5) is 5.69 Å². The van der Waals surface area contributed by atoms with E-state index in [-0.39, 0.29) is 0 Å². The maximum atomic E-state index is 5.99. The number of benzene rings is 2. The average Bonchev–Trinajstić information content (AvgIpc) is 2.23. The monoisotopic (exact) mass is 187 g/mol. The maximum absolute atomic E-state index is 5.99. The van der Waals surface area contributed by atoms with Gasteiger partial charge in [0.05, 0.1) is 7.11 Å². The first-order valence-electron chi connectivity index (χ1n) is 4.56. The lowest BCUT2D eigenvalue weighted by Crippen LogP contribution is -1.94. The molecule has 0 unspecified atom stereocenters. The number of nitrogen functional groups attached to an aromatic ring is 1. The van der Waals surface area contributed by atoms with E-state index in [1.807, 2.05) is 37.3 Å². The van der Waals surface area contributed by atoms with Crippen molar-refractivity contribution in [2.45, 2.75) is 6.92 Å². The van der Waals surface area contributed by atoms with Crippen molar-refractivity contribution in [1.82, 2.24) is 0 Å². The third-order valence-electron chi connectivity index (χ3n) is 2.48. The van der Waals surface area contributed by atoms with E-state index in [0.717, 1.165) is 27.8 Å². The van der Waals surface area contributed by atoms with E-state index in [1.54, 1.807) is 7.11 Å². The lowest BCUT2D eigenvalue weighted by atomic mass is 10.0. The highest BCUT2D eigenvalue weighted by molar-refractivity contribution is 5.98. The van der Waals surface area contributed by atoms with Crippen LogP contribution in [0.1, 0.15) is 5.56 Å². The molecule has 2 nitrogen and oxygen atoms in total. The SMILES string of the molecule is COc1cc(C)c(N)c2ccccc12. The fraction of sp³-hybridized carbons (Fsp3) is 0.167. The van der Waals surface area contributed by atoms with Crippen LogP contribution in [0.15, 0.2) is 30.3 Å². The Morgan fingerprint density at radius 3 is 2.43 bits per heavy atom. The predicted octanol–water partition coefficient (Wildman–Crippen LogP) is 2.74. The van der Waals surface area contributed by atoms with Gasteiger partial charge >= 0.3 is 0 Å². The number of nitrogens with two attached hydrogens (primary N) is 1. The van der Waals surface area contributed by atoms with E-state index in [2.05, 4.69) is 0 Å². The van der Waals surface area contributed by atoms with Gasteiger partial charge in [-0.15, -0.1) is 0 Å². The lowest BCUT2D eigenvalue weighted by molar-refractivity contribution is 0.419. The summed E-state index contributed by atoms with van der Waals surface area (Å²) in [7, 11) is 1.68. The molecule has 0 aliphatic carbocycles. The first-order chi connectivity index (χ1) is 6.74. The van der Waals surface area contributed by atoms with Crippen LogP contribution < -0.4 is 10.5 Å². The van der Waals surface area contributed by atoms with Crippen molar-refractivity contribution in [2.75, 3.05) is 12.8 Å². The van der Waals surface area contributed by atoms with E-state index in [9.17, 15) is 0 Å². The Morgan fingerprint density at radius 2 is 1.79 bits per heavy atom. The van der Waals surface area contributed by atoms with Gasteiger partial charge in [-0.1, -0.05) is 24.3 Å². The number of aryl methyl sites for hydroxylation is 1. The molecule has 2 aromatic carbocycles. The van der Waals surface area contributed by atoms with E-state index >= 15 is 0 Å². The number of hydrogen-bond acceptors (Lipinski definition) is 2. The Kier molecular flexibility index (Phi) is 2.04. The first-order valence-corrected chi connectivity index (χ1v) is 4.56.